The molecule has 2 rings (SSSR count). The Morgan fingerprint density at radius 2 is 2.09 bits per heavy atom. The van der Waals surface area contributed by atoms with Gasteiger partial charge in [0.25, 0.3) is 0 Å². The summed E-state index contributed by atoms with van der Waals surface area (Å²) in [6, 6.07) is 7.98. The van der Waals surface area contributed by atoms with Crippen molar-refractivity contribution in [3.8, 4) is 5.69 Å². The number of nitrogens with one attached hydrogen (secondary N) is 1. The summed E-state index contributed by atoms with van der Waals surface area (Å²) in [5, 5.41) is 20.5. The lowest BCUT2D eigenvalue weighted by atomic mass is 9.90. The fourth-order valence-electron chi connectivity index (χ4n) is 2.04. The lowest BCUT2D eigenvalue weighted by Crippen LogP contribution is -2.28. The molecule has 0 aliphatic carbocycles. The summed E-state index contributed by atoms with van der Waals surface area (Å²) in [5.41, 5.74) is 2.26. The zero-order valence-corrected chi connectivity index (χ0v) is 13.2. The number of aliphatic carboxylic acids is 1. The van der Waals surface area contributed by atoms with E-state index in [4.69, 9.17) is 5.11 Å². The first-order chi connectivity index (χ1) is 10.4. The minimum absolute atomic E-state index is 0.564. The second kappa shape index (κ2) is 6.70. The number of para-hydroxylation sites is 1. The van der Waals surface area contributed by atoms with E-state index in [0.717, 1.165) is 16.9 Å². The number of benzene rings is 1. The highest BCUT2D eigenvalue weighted by Gasteiger charge is 2.26. The van der Waals surface area contributed by atoms with Gasteiger partial charge >= 0.3 is 5.97 Å². The second-order valence-electron chi connectivity index (χ2n) is 6.06. The van der Waals surface area contributed by atoms with Gasteiger partial charge in [-0.2, -0.15) is 0 Å². The number of aryl methyl sites for hydroxylation is 1. The molecule has 2 aromatic rings. The fourth-order valence-corrected chi connectivity index (χ4v) is 2.04. The van der Waals surface area contributed by atoms with E-state index in [1.165, 1.54) is 0 Å². The highest BCUT2D eigenvalue weighted by atomic mass is 16.4. The molecule has 0 unspecified atom stereocenters. The molecule has 0 amide bonds. The Morgan fingerprint density at radius 1 is 1.36 bits per heavy atom. The molecule has 0 atom stereocenters. The average molecular weight is 302 g/mol. The van der Waals surface area contributed by atoms with Gasteiger partial charge in [-0.3, -0.25) is 4.79 Å². The van der Waals surface area contributed by atoms with Crippen LogP contribution in [0.3, 0.4) is 0 Å². The number of nitrogens with zero attached hydrogens (tertiary/aromatic N) is 3. The molecule has 0 spiro atoms. The van der Waals surface area contributed by atoms with Crippen LogP contribution in [0, 0.1) is 12.3 Å². The first-order valence-corrected chi connectivity index (χ1v) is 7.31. The van der Waals surface area contributed by atoms with Crippen LogP contribution in [0.5, 0.6) is 0 Å². The lowest BCUT2D eigenvalue weighted by molar-refractivity contribution is -0.147. The van der Waals surface area contributed by atoms with Crippen molar-refractivity contribution in [3.63, 3.8) is 0 Å². The maximum Gasteiger partial charge on any atom is 0.309 e. The molecule has 0 aliphatic rings. The van der Waals surface area contributed by atoms with Gasteiger partial charge in [0.15, 0.2) is 0 Å². The summed E-state index contributed by atoms with van der Waals surface area (Å²) in [6.45, 7) is 6.68. The topological polar surface area (TPSA) is 80.0 Å². The van der Waals surface area contributed by atoms with Crippen molar-refractivity contribution in [2.75, 3.05) is 6.54 Å². The number of carboxylic acids is 1. The summed E-state index contributed by atoms with van der Waals surface area (Å²) in [7, 11) is 0. The molecule has 1 aromatic heterocycles. The van der Waals surface area contributed by atoms with E-state index >= 15 is 0 Å². The first-order valence-electron chi connectivity index (χ1n) is 7.31. The van der Waals surface area contributed by atoms with Crippen LogP contribution in [-0.2, 0) is 11.3 Å². The molecule has 0 saturated carbocycles. The SMILES string of the molecule is Cc1ccccc1-n1cc(CNCCC(C)(C)C(=O)O)nn1. The van der Waals surface area contributed by atoms with Crippen molar-refractivity contribution < 1.29 is 9.90 Å². The smallest absolute Gasteiger partial charge is 0.309 e. The molecule has 22 heavy (non-hydrogen) atoms. The summed E-state index contributed by atoms with van der Waals surface area (Å²) in [4.78, 5) is 11.0. The largest absolute Gasteiger partial charge is 0.481 e. The zero-order chi connectivity index (χ0) is 16.2. The van der Waals surface area contributed by atoms with Crippen LogP contribution >= 0.6 is 0 Å². The molecule has 118 valence electrons. The van der Waals surface area contributed by atoms with Gasteiger partial charge < -0.3 is 10.4 Å². The van der Waals surface area contributed by atoms with Crippen molar-refractivity contribution in [2.45, 2.75) is 33.7 Å². The van der Waals surface area contributed by atoms with Crippen LogP contribution in [0.15, 0.2) is 30.5 Å². The Bertz CT molecular complexity index is 649. The minimum Gasteiger partial charge on any atom is -0.481 e. The fraction of sp³-hybridized carbons (Fsp3) is 0.438. The summed E-state index contributed by atoms with van der Waals surface area (Å²) >= 11 is 0. The van der Waals surface area contributed by atoms with Crippen molar-refractivity contribution in [3.05, 3.63) is 41.7 Å². The number of hydrogen-bond acceptors (Lipinski definition) is 4. The molecule has 0 radical (unpaired) electrons. The van der Waals surface area contributed by atoms with E-state index < -0.39 is 11.4 Å². The van der Waals surface area contributed by atoms with Gasteiger partial charge in [0.05, 0.1) is 23.0 Å². The number of carboxylic acid groups (broad SMARTS) is 1. The van der Waals surface area contributed by atoms with Crippen LogP contribution in [-0.4, -0.2) is 32.6 Å². The predicted molar refractivity (Wildman–Crippen MR) is 83.8 cm³/mol. The van der Waals surface area contributed by atoms with Crippen LogP contribution in [0.4, 0.5) is 0 Å². The van der Waals surface area contributed by atoms with Crippen LogP contribution in [0.1, 0.15) is 31.5 Å². The molecular formula is C16H22N4O2. The van der Waals surface area contributed by atoms with E-state index in [9.17, 15) is 4.79 Å². The Balaban J connectivity index is 1.88. The molecular weight excluding hydrogens is 280 g/mol. The maximum atomic E-state index is 11.0. The van der Waals surface area contributed by atoms with Crippen molar-refractivity contribution in [1.29, 1.82) is 0 Å². The van der Waals surface area contributed by atoms with Gasteiger partial charge in [-0.05, 0) is 45.4 Å². The number of hydrogen-bond donors (Lipinski definition) is 2. The molecule has 0 fully saturated rings. The van der Waals surface area contributed by atoms with E-state index in [0.29, 0.717) is 19.5 Å². The lowest BCUT2D eigenvalue weighted by Gasteiger charge is -2.18. The van der Waals surface area contributed by atoms with E-state index in [1.807, 2.05) is 37.4 Å². The number of carbonyl (C=O) groups is 1. The third kappa shape index (κ3) is 3.92. The molecule has 0 saturated heterocycles. The Morgan fingerprint density at radius 3 is 2.77 bits per heavy atom. The van der Waals surface area contributed by atoms with Crippen LogP contribution < -0.4 is 5.32 Å². The summed E-state index contributed by atoms with van der Waals surface area (Å²) in [5.74, 6) is -0.778. The maximum absolute atomic E-state index is 11.0. The van der Waals surface area contributed by atoms with Crippen LogP contribution in [0.2, 0.25) is 0 Å². The predicted octanol–water partition coefficient (Wildman–Crippen LogP) is 2.17. The quantitative estimate of drug-likeness (QED) is 0.766. The average Bonchev–Trinajstić information content (AvgIpc) is 2.92. The second-order valence-corrected chi connectivity index (χ2v) is 6.06. The molecule has 1 heterocycles. The van der Waals surface area contributed by atoms with Crippen molar-refractivity contribution in [2.24, 2.45) is 5.41 Å². The molecule has 0 aliphatic heterocycles. The molecule has 0 bridgehead atoms. The normalized spacial score (nSPS) is 11.6. The van der Waals surface area contributed by atoms with Gasteiger partial charge in [0.1, 0.15) is 0 Å². The third-order valence-electron chi connectivity index (χ3n) is 3.71. The first kappa shape index (κ1) is 16.2. The monoisotopic (exact) mass is 302 g/mol. The minimum atomic E-state index is -0.778. The van der Waals surface area contributed by atoms with E-state index in [2.05, 4.69) is 15.6 Å². The van der Waals surface area contributed by atoms with Crippen molar-refractivity contribution >= 4 is 5.97 Å². The van der Waals surface area contributed by atoms with Gasteiger partial charge in [-0.15, -0.1) is 5.10 Å². The number of rotatable bonds is 7. The Hall–Kier alpha value is -2.21. The summed E-state index contributed by atoms with van der Waals surface area (Å²) in [6.07, 6.45) is 2.45. The van der Waals surface area contributed by atoms with Gasteiger partial charge in [0.2, 0.25) is 0 Å². The molecule has 2 N–H and O–H groups in total. The third-order valence-corrected chi connectivity index (χ3v) is 3.71. The van der Waals surface area contributed by atoms with Gasteiger partial charge in [-0.1, -0.05) is 23.4 Å². The molecule has 6 nitrogen and oxygen atoms in total. The van der Waals surface area contributed by atoms with Gasteiger partial charge in [-0.25, -0.2) is 4.68 Å². The zero-order valence-electron chi connectivity index (χ0n) is 13.2. The Labute approximate surface area is 130 Å². The highest BCUT2D eigenvalue weighted by molar-refractivity contribution is 5.73. The molecule has 1 aromatic carbocycles. The molecule has 6 heteroatoms. The Kier molecular flexibility index (Phi) is 4.92. The van der Waals surface area contributed by atoms with Crippen LogP contribution in [0.25, 0.3) is 5.69 Å². The van der Waals surface area contributed by atoms with E-state index in [-0.39, 0.29) is 0 Å². The highest BCUT2D eigenvalue weighted by Crippen LogP contribution is 2.19. The standard InChI is InChI=1S/C16H22N4O2/c1-12-6-4-5-7-14(12)20-11-13(18-19-20)10-17-9-8-16(2,3)15(21)22/h4-7,11,17H,8-10H2,1-3H3,(H,21,22). The number of aromatic nitrogens is 3. The van der Waals surface area contributed by atoms with Gasteiger partial charge in [0, 0.05) is 6.54 Å². The summed E-state index contributed by atoms with van der Waals surface area (Å²) < 4.78 is 1.76. The van der Waals surface area contributed by atoms with E-state index in [1.54, 1.807) is 18.5 Å². The van der Waals surface area contributed by atoms with Crippen molar-refractivity contribution in [1.82, 2.24) is 20.3 Å².